The first kappa shape index (κ1) is 32.7. The van der Waals surface area contributed by atoms with Crippen molar-refractivity contribution in [1.82, 2.24) is 20.1 Å². The van der Waals surface area contributed by atoms with Crippen LogP contribution in [0.3, 0.4) is 0 Å². The Balaban J connectivity index is 2.33. The zero-order valence-corrected chi connectivity index (χ0v) is 24.9. The molecule has 1 aliphatic rings. The molecule has 2 rings (SSSR count). The molecule has 1 aromatic rings. The van der Waals surface area contributed by atoms with Gasteiger partial charge in [0.15, 0.2) is 5.69 Å². The van der Waals surface area contributed by atoms with E-state index in [1.807, 2.05) is 34.7 Å². The monoisotopic (exact) mass is 562 g/mol. The number of hydrogen-bond donors (Lipinski definition) is 3. The van der Waals surface area contributed by atoms with Gasteiger partial charge in [-0.15, -0.1) is 23.7 Å². The third kappa shape index (κ3) is 9.30. The fourth-order valence-electron chi connectivity index (χ4n) is 5.09. The molecular weight excluding hydrogens is 516 g/mol. The van der Waals surface area contributed by atoms with Crippen LogP contribution in [0.1, 0.15) is 101 Å². The number of carboxylic acid groups (broad SMARTS) is 1. The number of aliphatic hydroxyl groups excluding tert-OH is 1. The number of carbonyl (C=O) groups is 3. The molecule has 1 fully saturated rings. The van der Waals surface area contributed by atoms with Gasteiger partial charge in [0.2, 0.25) is 11.8 Å². The van der Waals surface area contributed by atoms with Crippen LogP contribution in [0.2, 0.25) is 0 Å². The predicted molar refractivity (Wildman–Crippen MR) is 153 cm³/mol. The lowest BCUT2D eigenvalue weighted by Crippen LogP contribution is -2.58. The number of amides is 2. The molecule has 5 atom stereocenters. The summed E-state index contributed by atoms with van der Waals surface area (Å²) in [5.74, 6) is 1.13. The molecule has 2 heterocycles. The van der Waals surface area contributed by atoms with Gasteiger partial charge in [-0.2, -0.15) is 0 Å². The van der Waals surface area contributed by atoms with Crippen LogP contribution in [0.15, 0.2) is 5.38 Å². The standard InChI is InChI=1S/C29H46N4O5S/c1-7-9-10-12-16-33(23(19(3)4)17-24(34)27-30-21(18-39-27)29(37)38)28(36)25(20(5)8-2)31-26(35)22-14-11-13-15-32(22)6/h1,18-20,22-25,34H,8-17H2,2-6H3,(H,31,35)(H,37,38)/t20?,22-,23?,24?,25?/m1/s1. The van der Waals surface area contributed by atoms with E-state index >= 15 is 0 Å². The maximum absolute atomic E-state index is 14.2. The van der Waals surface area contributed by atoms with Crippen molar-refractivity contribution in [3.8, 4) is 12.3 Å². The second kappa shape index (κ2) is 15.9. The van der Waals surface area contributed by atoms with Gasteiger partial charge in [-0.3, -0.25) is 14.5 Å². The zero-order chi connectivity index (χ0) is 29.1. The molecule has 0 spiro atoms. The van der Waals surface area contributed by atoms with Gasteiger partial charge < -0.3 is 20.4 Å². The van der Waals surface area contributed by atoms with E-state index in [-0.39, 0.29) is 47.8 Å². The normalized spacial score (nSPS) is 19.1. The van der Waals surface area contributed by atoms with Crippen molar-refractivity contribution in [3.05, 3.63) is 16.1 Å². The van der Waals surface area contributed by atoms with E-state index < -0.39 is 18.1 Å². The predicted octanol–water partition coefficient (Wildman–Crippen LogP) is 3.94. The second-order valence-corrected chi connectivity index (χ2v) is 11.9. The molecule has 9 nitrogen and oxygen atoms in total. The van der Waals surface area contributed by atoms with E-state index in [4.69, 9.17) is 6.42 Å². The molecule has 0 saturated carbocycles. The van der Waals surface area contributed by atoms with Gasteiger partial charge in [-0.1, -0.05) is 40.5 Å². The summed E-state index contributed by atoms with van der Waals surface area (Å²) in [6.45, 7) is 9.28. The Morgan fingerprint density at radius 3 is 2.56 bits per heavy atom. The van der Waals surface area contributed by atoms with Gasteiger partial charge in [0.1, 0.15) is 17.2 Å². The number of likely N-dealkylation sites (tertiary alicyclic amines) is 1. The number of thiazole rings is 1. The van der Waals surface area contributed by atoms with Crippen LogP contribution in [0.25, 0.3) is 0 Å². The lowest BCUT2D eigenvalue weighted by Gasteiger charge is -2.40. The minimum atomic E-state index is -1.15. The van der Waals surface area contributed by atoms with Gasteiger partial charge in [0.25, 0.3) is 0 Å². The average Bonchev–Trinajstić information content (AvgIpc) is 3.41. The number of unbranched alkanes of at least 4 members (excludes halogenated alkanes) is 2. The van der Waals surface area contributed by atoms with Crippen LogP contribution in [-0.2, 0) is 9.59 Å². The van der Waals surface area contributed by atoms with Gasteiger partial charge in [-0.05, 0) is 51.1 Å². The number of aromatic nitrogens is 1. The minimum absolute atomic E-state index is 0.00657. The second-order valence-electron chi connectivity index (χ2n) is 11.0. The molecule has 0 bridgehead atoms. The van der Waals surface area contributed by atoms with E-state index in [1.54, 1.807) is 4.90 Å². The number of terminal acetylenes is 1. The largest absolute Gasteiger partial charge is 0.476 e. The maximum Gasteiger partial charge on any atom is 0.355 e. The number of rotatable bonds is 15. The number of hydrogen-bond acceptors (Lipinski definition) is 7. The smallest absolute Gasteiger partial charge is 0.355 e. The maximum atomic E-state index is 14.2. The lowest BCUT2D eigenvalue weighted by molar-refractivity contribution is -0.142. The number of nitrogens with one attached hydrogen (secondary N) is 1. The van der Waals surface area contributed by atoms with Gasteiger partial charge >= 0.3 is 5.97 Å². The summed E-state index contributed by atoms with van der Waals surface area (Å²) in [6, 6.07) is -1.29. The first-order chi connectivity index (χ1) is 18.5. The van der Waals surface area contributed by atoms with Gasteiger partial charge in [-0.25, -0.2) is 9.78 Å². The van der Waals surface area contributed by atoms with Crippen molar-refractivity contribution in [3.63, 3.8) is 0 Å². The third-order valence-electron chi connectivity index (χ3n) is 7.76. The highest BCUT2D eigenvalue weighted by Gasteiger charge is 2.37. The Hall–Kier alpha value is -2.48. The highest BCUT2D eigenvalue weighted by molar-refractivity contribution is 7.09. The lowest BCUT2D eigenvalue weighted by atomic mass is 9.91. The summed E-state index contributed by atoms with van der Waals surface area (Å²) in [4.78, 5) is 46.8. The first-order valence-electron chi connectivity index (χ1n) is 14.1. The number of piperidine rings is 1. The summed E-state index contributed by atoms with van der Waals surface area (Å²) in [7, 11) is 1.95. The molecule has 39 heavy (non-hydrogen) atoms. The van der Waals surface area contributed by atoms with Crippen molar-refractivity contribution in [1.29, 1.82) is 0 Å². The highest BCUT2D eigenvalue weighted by Crippen LogP contribution is 2.29. The van der Waals surface area contributed by atoms with E-state index in [1.165, 1.54) is 5.38 Å². The van der Waals surface area contributed by atoms with Gasteiger partial charge in [0, 0.05) is 30.8 Å². The summed E-state index contributed by atoms with van der Waals surface area (Å²) in [6.07, 6.45) is 10.2. The molecule has 1 saturated heterocycles. The molecule has 0 aliphatic carbocycles. The Morgan fingerprint density at radius 2 is 2.00 bits per heavy atom. The van der Waals surface area contributed by atoms with Crippen LogP contribution in [0.4, 0.5) is 0 Å². The summed E-state index contributed by atoms with van der Waals surface area (Å²) >= 11 is 1.09. The minimum Gasteiger partial charge on any atom is -0.476 e. The summed E-state index contributed by atoms with van der Waals surface area (Å²) < 4.78 is 0. The number of aliphatic hydroxyl groups is 1. The summed E-state index contributed by atoms with van der Waals surface area (Å²) in [5, 5.41) is 25.1. The van der Waals surface area contributed by atoms with E-state index in [0.717, 1.165) is 43.6 Å². The van der Waals surface area contributed by atoms with E-state index in [9.17, 15) is 24.6 Å². The molecule has 0 radical (unpaired) electrons. The van der Waals surface area contributed by atoms with Crippen LogP contribution < -0.4 is 5.32 Å². The SMILES string of the molecule is C#CCCCCN(C(=O)C(NC(=O)[C@H]1CCCCN1C)C(C)CC)C(CC(O)c1nc(C(=O)O)cs1)C(C)C. The molecule has 10 heteroatoms. The van der Waals surface area contributed by atoms with E-state index in [2.05, 4.69) is 21.1 Å². The average molecular weight is 563 g/mol. The van der Waals surface area contributed by atoms with Crippen LogP contribution >= 0.6 is 11.3 Å². The Labute approximate surface area is 237 Å². The number of aromatic carboxylic acids is 1. The van der Waals surface area contributed by atoms with E-state index in [0.29, 0.717) is 30.8 Å². The number of nitrogens with zero attached hydrogens (tertiary/aromatic N) is 3. The molecule has 2 amide bonds. The van der Waals surface area contributed by atoms with Gasteiger partial charge in [0.05, 0.1) is 6.04 Å². The van der Waals surface area contributed by atoms with Crippen molar-refractivity contribution >= 4 is 29.1 Å². The van der Waals surface area contributed by atoms with Crippen molar-refractivity contribution < 1.29 is 24.6 Å². The first-order valence-corrected chi connectivity index (χ1v) is 15.0. The molecule has 1 aliphatic heterocycles. The molecule has 1 aromatic heterocycles. The molecular formula is C29H46N4O5S. The molecule has 3 N–H and O–H groups in total. The van der Waals surface area contributed by atoms with Crippen LogP contribution in [0.5, 0.6) is 0 Å². The van der Waals surface area contributed by atoms with Crippen molar-refractivity contribution in [2.75, 3.05) is 20.1 Å². The molecule has 0 aromatic carbocycles. The Kier molecular flexibility index (Phi) is 13.4. The molecule has 4 unspecified atom stereocenters. The summed E-state index contributed by atoms with van der Waals surface area (Å²) in [5.41, 5.74) is -0.107. The zero-order valence-electron chi connectivity index (χ0n) is 24.1. The number of likely N-dealkylation sites (N-methyl/N-ethyl adjacent to an activating group) is 1. The highest BCUT2D eigenvalue weighted by atomic mass is 32.1. The number of carbonyl (C=O) groups excluding carboxylic acids is 2. The third-order valence-corrected chi connectivity index (χ3v) is 8.71. The van der Waals surface area contributed by atoms with Crippen LogP contribution in [0, 0.1) is 24.2 Å². The van der Waals surface area contributed by atoms with Crippen molar-refractivity contribution in [2.24, 2.45) is 11.8 Å². The molecule has 218 valence electrons. The quantitative estimate of drug-likeness (QED) is 0.219. The fourth-order valence-corrected chi connectivity index (χ4v) is 5.88. The number of carboxylic acids is 1. The Morgan fingerprint density at radius 1 is 1.28 bits per heavy atom. The fraction of sp³-hybridized carbons (Fsp3) is 0.724. The van der Waals surface area contributed by atoms with Crippen LogP contribution in [-0.4, -0.2) is 81.0 Å². The van der Waals surface area contributed by atoms with Crippen molar-refractivity contribution in [2.45, 2.75) is 103 Å². The Bertz CT molecular complexity index is 991. The topological polar surface area (TPSA) is 123 Å².